The van der Waals surface area contributed by atoms with Crippen molar-refractivity contribution in [3.63, 3.8) is 0 Å². The highest BCUT2D eigenvalue weighted by atomic mass is 19.1. The Morgan fingerprint density at radius 1 is 1.50 bits per heavy atom. The van der Waals surface area contributed by atoms with E-state index in [0.717, 1.165) is 18.9 Å². The highest BCUT2D eigenvalue weighted by Crippen LogP contribution is 2.28. The Bertz CT molecular complexity index is 407. The van der Waals surface area contributed by atoms with Crippen molar-refractivity contribution in [1.29, 1.82) is 0 Å². The van der Waals surface area contributed by atoms with Crippen LogP contribution in [-0.2, 0) is 0 Å². The maximum Gasteiger partial charge on any atom is 0.249 e. The summed E-state index contributed by atoms with van der Waals surface area (Å²) in [6.07, 6.45) is 3.30. The lowest BCUT2D eigenvalue weighted by Gasteiger charge is -2.28. The van der Waals surface area contributed by atoms with Gasteiger partial charge in [0.05, 0.1) is 10.6 Å². The highest BCUT2D eigenvalue weighted by Gasteiger charge is 2.23. The molecule has 0 spiro atoms. The fraction of sp³-hybridized carbons (Fsp3) is 0.714. The number of rotatable bonds is 8. The van der Waals surface area contributed by atoms with E-state index in [9.17, 15) is 14.5 Å². The lowest BCUT2D eigenvalue weighted by Crippen LogP contribution is -2.27. The smallest absolute Gasteiger partial charge is 0.249 e. The summed E-state index contributed by atoms with van der Waals surface area (Å²) in [5.41, 5.74) is 0.505. The summed E-state index contributed by atoms with van der Waals surface area (Å²) in [5.74, 6) is -0.106. The van der Waals surface area contributed by atoms with Gasteiger partial charge < -0.3 is 10.0 Å². The van der Waals surface area contributed by atoms with Crippen molar-refractivity contribution in [2.75, 3.05) is 19.7 Å². The van der Waals surface area contributed by atoms with Gasteiger partial charge in [-0.05, 0) is 25.7 Å². The maximum atomic E-state index is 14.0. The summed E-state index contributed by atoms with van der Waals surface area (Å²) in [4.78, 5) is 12.1. The zero-order chi connectivity index (χ0) is 15.1. The molecule has 5 nitrogen and oxygen atoms in total. The number of aliphatic hydroxyl groups excluding tert-OH is 1. The second-order valence-electron chi connectivity index (χ2n) is 5.17. The number of nitrogens with zero attached hydrogens (tertiary/aromatic N) is 2. The van der Waals surface area contributed by atoms with Gasteiger partial charge >= 0.3 is 0 Å². The number of halogens is 1. The molecule has 0 radical (unpaired) electrons. The summed E-state index contributed by atoms with van der Waals surface area (Å²) in [6, 6.07) is 0. The standard InChI is InChI=1S/C14H23FN2O3/c1-3-16(8-6-11(2)7-9-18)14-5-4-12(17(19)20)10-13(14)15/h10-11,18H,3-9H2,1-2H3. The molecule has 1 rings (SSSR count). The first-order valence-corrected chi connectivity index (χ1v) is 7.09. The largest absolute Gasteiger partial charge is 0.396 e. The molecule has 0 aliphatic heterocycles. The summed E-state index contributed by atoms with van der Waals surface area (Å²) >= 11 is 0. The first-order chi connectivity index (χ1) is 9.49. The van der Waals surface area contributed by atoms with E-state index >= 15 is 0 Å². The van der Waals surface area contributed by atoms with Crippen molar-refractivity contribution < 1.29 is 14.4 Å². The van der Waals surface area contributed by atoms with Crippen molar-refractivity contribution >= 4 is 0 Å². The maximum absolute atomic E-state index is 14.0. The van der Waals surface area contributed by atoms with Crippen LogP contribution < -0.4 is 0 Å². The Balaban J connectivity index is 2.70. The third-order valence-electron chi connectivity index (χ3n) is 3.70. The van der Waals surface area contributed by atoms with Crippen LogP contribution in [0.2, 0.25) is 0 Å². The molecule has 0 saturated heterocycles. The summed E-state index contributed by atoms with van der Waals surface area (Å²) < 4.78 is 14.0. The third kappa shape index (κ3) is 4.59. The fourth-order valence-electron chi connectivity index (χ4n) is 2.35. The molecule has 1 atom stereocenters. The van der Waals surface area contributed by atoms with Crippen LogP contribution in [0.4, 0.5) is 4.39 Å². The van der Waals surface area contributed by atoms with Crippen LogP contribution in [0.15, 0.2) is 23.3 Å². The molecule has 1 N–H and O–H groups in total. The van der Waals surface area contributed by atoms with Gasteiger partial charge in [-0.3, -0.25) is 10.1 Å². The van der Waals surface area contributed by atoms with Gasteiger partial charge in [0.2, 0.25) is 5.70 Å². The second kappa shape index (κ2) is 7.99. The predicted molar refractivity (Wildman–Crippen MR) is 75.2 cm³/mol. The van der Waals surface area contributed by atoms with Crippen LogP contribution in [0, 0.1) is 16.0 Å². The minimum Gasteiger partial charge on any atom is -0.396 e. The lowest BCUT2D eigenvalue weighted by molar-refractivity contribution is -0.428. The molecule has 0 saturated carbocycles. The molecular formula is C14H23FN2O3. The van der Waals surface area contributed by atoms with Gasteiger partial charge in [-0.25, -0.2) is 4.39 Å². The number of hydrogen-bond acceptors (Lipinski definition) is 4. The average Bonchev–Trinajstić information content (AvgIpc) is 2.41. The molecule has 1 unspecified atom stereocenters. The topological polar surface area (TPSA) is 66.6 Å². The molecule has 0 aromatic carbocycles. The quantitative estimate of drug-likeness (QED) is 0.550. The zero-order valence-corrected chi connectivity index (χ0v) is 12.1. The normalized spacial score (nSPS) is 16.9. The number of aliphatic hydroxyl groups is 1. The summed E-state index contributed by atoms with van der Waals surface area (Å²) in [5, 5.41) is 19.5. The van der Waals surface area contributed by atoms with Crippen LogP contribution in [0.5, 0.6) is 0 Å². The fourth-order valence-corrected chi connectivity index (χ4v) is 2.35. The molecule has 0 amide bonds. The predicted octanol–water partition coefficient (Wildman–Crippen LogP) is 2.85. The SMILES string of the molecule is CCN(CCC(C)CCO)C1=C(F)C=C([N+](=O)[O-])CC1. The molecule has 0 heterocycles. The highest BCUT2D eigenvalue weighted by molar-refractivity contribution is 5.25. The van der Waals surface area contributed by atoms with Gasteiger partial charge in [0, 0.05) is 38.6 Å². The van der Waals surface area contributed by atoms with Crippen molar-refractivity contribution in [3.8, 4) is 0 Å². The van der Waals surface area contributed by atoms with Gasteiger partial charge in [-0.15, -0.1) is 0 Å². The molecule has 0 fully saturated rings. The van der Waals surface area contributed by atoms with E-state index in [-0.39, 0.29) is 18.7 Å². The Morgan fingerprint density at radius 2 is 2.20 bits per heavy atom. The van der Waals surface area contributed by atoms with Gasteiger partial charge in [0.1, 0.15) is 5.83 Å². The van der Waals surface area contributed by atoms with Crippen molar-refractivity contribution in [2.45, 2.75) is 39.5 Å². The van der Waals surface area contributed by atoms with Gasteiger partial charge in [0.25, 0.3) is 0 Å². The molecule has 20 heavy (non-hydrogen) atoms. The van der Waals surface area contributed by atoms with E-state index in [0.29, 0.717) is 31.1 Å². The molecular weight excluding hydrogens is 263 g/mol. The van der Waals surface area contributed by atoms with E-state index < -0.39 is 10.8 Å². The summed E-state index contributed by atoms with van der Waals surface area (Å²) in [6.45, 7) is 5.56. The molecule has 1 aliphatic rings. The Kier molecular flexibility index (Phi) is 6.64. The molecule has 114 valence electrons. The van der Waals surface area contributed by atoms with Gasteiger partial charge in [0.15, 0.2) is 0 Å². The van der Waals surface area contributed by atoms with E-state index in [1.165, 1.54) is 0 Å². The first kappa shape index (κ1) is 16.6. The third-order valence-corrected chi connectivity index (χ3v) is 3.70. The van der Waals surface area contributed by atoms with Crippen molar-refractivity contribution in [1.82, 2.24) is 4.90 Å². The van der Waals surface area contributed by atoms with Crippen LogP contribution >= 0.6 is 0 Å². The van der Waals surface area contributed by atoms with Crippen molar-refractivity contribution in [3.05, 3.63) is 33.4 Å². The summed E-state index contributed by atoms with van der Waals surface area (Å²) in [7, 11) is 0. The Labute approximate surface area is 118 Å². The van der Waals surface area contributed by atoms with Crippen LogP contribution in [0.1, 0.15) is 39.5 Å². The average molecular weight is 286 g/mol. The molecule has 0 aromatic rings. The van der Waals surface area contributed by atoms with E-state index in [4.69, 9.17) is 5.11 Å². The number of nitro groups is 1. The Morgan fingerprint density at radius 3 is 2.70 bits per heavy atom. The van der Waals surface area contributed by atoms with E-state index in [1.54, 1.807) is 0 Å². The minimum absolute atomic E-state index is 0.0593. The minimum atomic E-state index is -0.518. The number of allylic oxidation sites excluding steroid dienone is 4. The van der Waals surface area contributed by atoms with Crippen LogP contribution in [-0.4, -0.2) is 34.6 Å². The monoisotopic (exact) mass is 286 g/mol. The van der Waals surface area contributed by atoms with E-state index in [1.807, 2.05) is 11.8 Å². The molecule has 0 aromatic heterocycles. The number of hydrogen-bond donors (Lipinski definition) is 1. The van der Waals surface area contributed by atoms with Crippen LogP contribution in [0.25, 0.3) is 0 Å². The lowest BCUT2D eigenvalue weighted by atomic mass is 10.0. The van der Waals surface area contributed by atoms with E-state index in [2.05, 4.69) is 6.92 Å². The molecule has 6 heteroatoms. The van der Waals surface area contributed by atoms with Gasteiger partial charge in [-0.2, -0.15) is 0 Å². The van der Waals surface area contributed by atoms with Crippen LogP contribution in [0.3, 0.4) is 0 Å². The van der Waals surface area contributed by atoms with Crippen molar-refractivity contribution in [2.24, 2.45) is 5.92 Å². The van der Waals surface area contributed by atoms with Gasteiger partial charge in [-0.1, -0.05) is 6.92 Å². The Hall–Kier alpha value is -1.43. The first-order valence-electron chi connectivity index (χ1n) is 7.09. The molecule has 0 bridgehead atoms. The molecule has 1 aliphatic carbocycles. The zero-order valence-electron chi connectivity index (χ0n) is 12.1. The second-order valence-corrected chi connectivity index (χ2v) is 5.17.